The van der Waals surface area contributed by atoms with Crippen LogP contribution in [0.4, 0.5) is 0 Å². The Hall–Kier alpha value is -3.09. The number of benzene rings is 1. The molecule has 1 amide bonds. The number of carbonyl (C=O) groups is 1. The summed E-state index contributed by atoms with van der Waals surface area (Å²) in [7, 11) is 0. The van der Waals surface area contributed by atoms with Gasteiger partial charge in [-0.2, -0.15) is 4.68 Å². The number of hydrogen-bond acceptors (Lipinski definition) is 5. The van der Waals surface area contributed by atoms with Crippen LogP contribution in [0.2, 0.25) is 0 Å². The summed E-state index contributed by atoms with van der Waals surface area (Å²) in [6.07, 6.45) is 1.66. The molecule has 1 aromatic carbocycles. The zero-order valence-corrected chi connectivity index (χ0v) is 12.5. The Bertz CT molecular complexity index is 892. The summed E-state index contributed by atoms with van der Waals surface area (Å²) < 4.78 is 1.09. The minimum absolute atomic E-state index is 0.291. The third-order valence-electron chi connectivity index (χ3n) is 3.51. The SMILES string of the molecule is C[C@@H](C(=O)NCc1ccccn1)n1nnc2ccccc2c1=O. The van der Waals surface area contributed by atoms with Crippen molar-refractivity contribution in [1.29, 1.82) is 0 Å². The van der Waals surface area contributed by atoms with E-state index in [0.717, 1.165) is 10.4 Å². The van der Waals surface area contributed by atoms with Crippen molar-refractivity contribution in [3.63, 3.8) is 0 Å². The highest BCUT2D eigenvalue weighted by molar-refractivity contribution is 5.81. The Labute approximate surface area is 132 Å². The predicted molar refractivity (Wildman–Crippen MR) is 84.6 cm³/mol. The second-order valence-corrected chi connectivity index (χ2v) is 5.07. The van der Waals surface area contributed by atoms with Gasteiger partial charge in [0.25, 0.3) is 5.56 Å². The van der Waals surface area contributed by atoms with Crippen LogP contribution in [0.25, 0.3) is 10.9 Å². The molecule has 3 aromatic rings. The van der Waals surface area contributed by atoms with Crippen LogP contribution in [-0.4, -0.2) is 25.9 Å². The van der Waals surface area contributed by atoms with Crippen LogP contribution < -0.4 is 10.9 Å². The van der Waals surface area contributed by atoms with Gasteiger partial charge < -0.3 is 5.32 Å². The molecule has 116 valence electrons. The lowest BCUT2D eigenvalue weighted by atomic mass is 10.2. The molecule has 0 radical (unpaired) electrons. The van der Waals surface area contributed by atoms with Gasteiger partial charge >= 0.3 is 0 Å². The fourth-order valence-electron chi connectivity index (χ4n) is 2.19. The van der Waals surface area contributed by atoms with Gasteiger partial charge in [0, 0.05) is 6.20 Å². The molecule has 0 aliphatic heterocycles. The largest absolute Gasteiger partial charge is 0.349 e. The van der Waals surface area contributed by atoms with Crippen molar-refractivity contribution in [3.8, 4) is 0 Å². The molecule has 0 unspecified atom stereocenters. The molecule has 0 fully saturated rings. The molecule has 7 nitrogen and oxygen atoms in total. The van der Waals surface area contributed by atoms with Crippen LogP contribution in [0.15, 0.2) is 53.5 Å². The molecule has 0 aliphatic carbocycles. The summed E-state index contributed by atoms with van der Waals surface area (Å²) in [5.74, 6) is -0.317. The van der Waals surface area contributed by atoms with Crippen LogP contribution >= 0.6 is 0 Å². The van der Waals surface area contributed by atoms with Crippen LogP contribution in [0.1, 0.15) is 18.7 Å². The normalized spacial score (nSPS) is 12.0. The van der Waals surface area contributed by atoms with Crippen molar-refractivity contribution in [2.24, 2.45) is 0 Å². The third kappa shape index (κ3) is 3.08. The standard InChI is InChI=1S/C16H15N5O2/c1-11(15(22)18-10-12-6-4-5-9-17-12)21-16(23)13-7-2-3-8-14(13)19-20-21/h2-9,11H,10H2,1H3,(H,18,22)/t11-/m0/s1. The molecular formula is C16H15N5O2. The van der Waals surface area contributed by atoms with Crippen LogP contribution in [-0.2, 0) is 11.3 Å². The predicted octanol–water partition coefficient (Wildman–Crippen LogP) is 1.06. The zero-order valence-electron chi connectivity index (χ0n) is 12.5. The number of nitrogens with one attached hydrogen (secondary N) is 1. The van der Waals surface area contributed by atoms with E-state index in [-0.39, 0.29) is 11.5 Å². The molecule has 1 atom stereocenters. The van der Waals surface area contributed by atoms with E-state index in [1.165, 1.54) is 0 Å². The van der Waals surface area contributed by atoms with E-state index in [1.807, 2.05) is 12.1 Å². The smallest absolute Gasteiger partial charge is 0.278 e. The maximum absolute atomic E-state index is 12.4. The highest BCUT2D eigenvalue weighted by Crippen LogP contribution is 2.07. The summed E-state index contributed by atoms with van der Waals surface area (Å²) >= 11 is 0. The molecule has 2 heterocycles. The molecule has 3 rings (SSSR count). The Morgan fingerprint density at radius 3 is 2.78 bits per heavy atom. The number of nitrogens with zero attached hydrogens (tertiary/aromatic N) is 4. The number of pyridine rings is 1. The third-order valence-corrected chi connectivity index (χ3v) is 3.51. The second-order valence-electron chi connectivity index (χ2n) is 5.07. The molecule has 7 heteroatoms. The van der Waals surface area contributed by atoms with Crippen molar-refractivity contribution in [2.45, 2.75) is 19.5 Å². The van der Waals surface area contributed by atoms with Gasteiger partial charge in [-0.15, -0.1) is 5.10 Å². The van der Waals surface area contributed by atoms with Gasteiger partial charge in [-0.3, -0.25) is 14.6 Å². The minimum atomic E-state index is -0.761. The molecule has 23 heavy (non-hydrogen) atoms. The summed E-state index contributed by atoms with van der Waals surface area (Å²) in [5, 5.41) is 11.0. The summed E-state index contributed by atoms with van der Waals surface area (Å²) in [6, 6.07) is 11.6. The van der Waals surface area contributed by atoms with Gasteiger partial charge in [-0.25, -0.2) is 0 Å². The van der Waals surface area contributed by atoms with Crippen molar-refractivity contribution >= 4 is 16.8 Å². The van der Waals surface area contributed by atoms with Gasteiger partial charge in [0.05, 0.1) is 17.6 Å². The maximum atomic E-state index is 12.4. The van der Waals surface area contributed by atoms with Gasteiger partial charge in [-0.1, -0.05) is 23.4 Å². The number of amides is 1. The Morgan fingerprint density at radius 2 is 2.00 bits per heavy atom. The first kappa shape index (κ1) is 14.8. The highest BCUT2D eigenvalue weighted by Gasteiger charge is 2.18. The van der Waals surface area contributed by atoms with E-state index in [4.69, 9.17) is 0 Å². The van der Waals surface area contributed by atoms with E-state index in [0.29, 0.717) is 17.4 Å². The Kier molecular flexibility index (Phi) is 4.09. The monoisotopic (exact) mass is 309 g/mol. The number of aromatic nitrogens is 4. The van der Waals surface area contributed by atoms with E-state index in [9.17, 15) is 9.59 Å². The van der Waals surface area contributed by atoms with Gasteiger partial charge in [0.15, 0.2) is 0 Å². The lowest BCUT2D eigenvalue weighted by Gasteiger charge is -2.13. The maximum Gasteiger partial charge on any atom is 0.278 e. The van der Waals surface area contributed by atoms with Gasteiger partial charge in [0.2, 0.25) is 5.91 Å². The van der Waals surface area contributed by atoms with Crippen molar-refractivity contribution in [3.05, 3.63) is 64.7 Å². The van der Waals surface area contributed by atoms with Crippen molar-refractivity contribution in [2.75, 3.05) is 0 Å². The molecule has 1 N–H and O–H groups in total. The average molecular weight is 309 g/mol. The van der Waals surface area contributed by atoms with E-state index in [1.54, 1.807) is 43.5 Å². The van der Waals surface area contributed by atoms with Crippen molar-refractivity contribution < 1.29 is 4.79 Å². The van der Waals surface area contributed by atoms with E-state index >= 15 is 0 Å². The van der Waals surface area contributed by atoms with E-state index in [2.05, 4.69) is 20.6 Å². The molecule has 0 saturated heterocycles. The first-order valence-corrected chi connectivity index (χ1v) is 7.18. The Morgan fingerprint density at radius 1 is 1.22 bits per heavy atom. The van der Waals surface area contributed by atoms with Crippen LogP contribution in [0.3, 0.4) is 0 Å². The first-order chi connectivity index (χ1) is 11.2. The molecule has 0 bridgehead atoms. The topological polar surface area (TPSA) is 89.8 Å². The number of hydrogen-bond donors (Lipinski definition) is 1. The molecule has 0 aliphatic rings. The molecule has 0 saturated carbocycles. The number of carbonyl (C=O) groups excluding carboxylic acids is 1. The van der Waals surface area contributed by atoms with Gasteiger partial charge in [-0.05, 0) is 31.2 Å². The first-order valence-electron chi connectivity index (χ1n) is 7.18. The highest BCUT2D eigenvalue weighted by atomic mass is 16.2. The van der Waals surface area contributed by atoms with Crippen LogP contribution in [0, 0.1) is 0 Å². The molecule has 2 aromatic heterocycles. The summed E-state index contributed by atoms with van der Waals surface area (Å²) in [4.78, 5) is 28.8. The average Bonchev–Trinajstić information content (AvgIpc) is 2.60. The fourth-order valence-corrected chi connectivity index (χ4v) is 2.19. The molecule has 0 spiro atoms. The lowest BCUT2D eigenvalue weighted by Crippen LogP contribution is -2.37. The lowest BCUT2D eigenvalue weighted by molar-refractivity contribution is -0.124. The van der Waals surface area contributed by atoms with Gasteiger partial charge in [0.1, 0.15) is 11.6 Å². The minimum Gasteiger partial charge on any atom is -0.349 e. The summed E-state index contributed by atoms with van der Waals surface area (Å²) in [6.45, 7) is 1.90. The van der Waals surface area contributed by atoms with Crippen LogP contribution in [0.5, 0.6) is 0 Å². The molecular weight excluding hydrogens is 294 g/mol. The van der Waals surface area contributed by atoms with E-state index < -0.39 is 6.04 Å². The fraction of sp³-hybridized carbons (Fsp3) is 0.188. The van der Waals surface area contributed by atoms with Crippen molar-refractivity contribution in [1.82, 2.24) is 25.3 Å². The summed E-state index contributed by atoms with van der Waals surface area (Å²) in [5.41, 5.74) is 0.913. The Balaban J connectivity index is 1.80. The quantitative estimate of drug-likeness (QED) is 0.778. The number of fused-ring (bicyclic) bond motifs is 1. The zero-order chi connectivity index (χ0) is 16.2. The number of rotatable bonds is 4. The second kappa shape index (κ2) is 6.35.